The molecule has 0 aromatic carbocycles. The fraction of sp³-hybridized carbons (Fsp3) is 0.700. The summed E-state index contributed by atoms with van der Waals surface area (Å²) in [6.45, 7) is 16.3. The van der Waals surface area contributed by atoms with Gasteiger partial charge in [0.25, 0.3) is 0 Å². The van der Waals surface area contributed by atoms with Crippen molar-refractivity contribution in [2.45, 2.75) is 63.9 Å². The van der Waals surface area contributed by atoms with E-state index in [2.05, 4.69) is 27.0 Å². The van der Waals surface area contributed by atoms with Crippen molar-refractivity contribution in [1.82, 2.24) is 0 Å². The van der Waals surface area contributed by atoms with Crippen LogP contribution in [0.4, 0.5) is 0 Å². The molecule has 6 atom stereocenters. The Bertz CT molecular complexity index is 476. The highest BCUT2D eigenvalue weighted by atomic mass is 32.2. The summed E-state index contributed by atoms with van der Waals surface area (Å²) in [4.78, 5) is 24.7. The Morgan fingerprint density at radius 3 is 1.52 bits per heavy atom. The van der Waals surface area contributed by atoms with Crippen LogP contribution >= 0.6 is 11.8 Å². The third-order valence-electron chi connectivity index (χ3n) is 5.80. The highest BCUT2D eigenvalue weighted by molar-refractivity contribution is 8.00. The molecule has 0 aromatic rings. The van der Waals surface area contributed by atoms with Crippen molar-refractivity contribution in [1.29, 1.82) is 0 Å². The first-order valence-electron chi connectivity index (χ1n) is 8.72. The minimum Gasteiger partial charge on any atom is -0.299 e. The summed E-state index contributed by atoms with van der Waals surface area (Å²) in [6, 6.07) is 0. The van der Waals surface area contributed by atoms with E-state index in [1.54, 1.807) is 0 Å². The van der Waals surface area contributed by atoms with E-state index in [1.807, 2.05) is 25.6 Å². The highest BCUT2D eigenvalue weighted by Crippen LogP contribution is 2.44. The third kappa shape index (κ3) is 4.17. The molecule has 3 heteroatoms. The molecule has 2 nitrogen and oxygen atoms in total. The molecule has 23 heavy (non-hydrogen) atoms. The number of Topliss-reactive ketones (excluding diaryl/α,β-unsaturated/α-hetero) is 2. The SMILES string of the molecule is C=C(C)C1CC(=O)C(C)C(SC2CC(C(=C)C)CC(=O)C2C)C1. The van der Waals surface area contributed by atoms with Gasteiger partial charge in [0.05, 0.1) is 0 Å². The van der Waals surface area contributed by atoms with Crippen LogP contribution in [0.2, 0.25) is 0 Å². The van der Waals surface area contributed by atoms with Crippen LogP contribution in [0.3, 0.4) is 0 Å². The molecule has 0 bridgehead atoms. The van der Waals surface area contributed by atoms with Gasteiger partial charge >= 0.3 is 0 Å². The lowest BCUT2D eigenvalue weighted by atomic mass is 9.78. The van der Waals surface area contributed by atoms with Crippen LogP contribution in [0.5, 0.6) is 0 Å². The highest BCUT2D eigenvalue weighted by Gasteiger charge is 2.40. The third-order valence-corrected chi connectivity index (χ3v) is 7.70. The molecule has 0 N–H and O–H groups in total. The van der Waals surface area contributed by atoms with Crippen molar-refractivity contribution < 1.29 is 9.59 Å². The lowest BCUT2D eigenvalue weighted by Crippen LogP contribution is -2.39. The standard InChI is InChI=1S/C20H30O2S/c1-11(2)15-7-17(21)13(5)19(9-15)23-20-10-16(12(3)4)8-18(22)14(20)6/h13-16,19-20H,1,3,7-10H2,2,4-6H3. The Labute approximate surface area is 145 Å². The normalized spacial score (nSPS) is 38.4. The van der Waals surface area contributed by atoms with E-state index >= 15 is 0 Å². The Morgan fingerprint density at radius 2 is 1.22 bits per heavy atom. The number of carbonyl (C=O) groups excluding carboxylic acids is 2. The van der Waals surface area contributed by atoms with E-state index in [4.69, 9.17) is 0 Å². The van der Waals surface area contributed by atoms with Gasteiger partial charge in [-0.3, -0.25) is 9.59 Å². The summed E-state index contributed by atoms with van der Waals surface area (Å²) >= 11 is 1.88. The van der Waals surface area contributed by atoms with Crippen LogP contribution in [-0.4, -0.2) is 22.1 Å². The maximum absolute atomic E-state index is 12.3. The fourth-order valence-electron chi connectivity index (χ4n) is 3.73. The van der Waals surface area contributed by atoms with Crippen molar-refractivity contribution in [3.63, 3.8) is 0 Å². The molecule has 0 spiro atoms. The molecule has 2 fully saturated rings. The van der Waals surface area contributed by atoms with Crippen LogP contribution in [0.15, 0.2) is 24.3 Å². The predicted molar refractivity (Wildman–Crippen MR) is 98.6 cm³/mol. The van der Waals surface area contributed by atoms with Gasteiger partial charge in [-0.15, -0.1) is 0 Å². The molecule has 2 rings (SSSR count). The van der Waals surface area contributed by atoms with Crippen molar-refractivity contribution >= 4 is 23.3 Å². The minimum absolute atomic E-state index is 0.0862. The van der Waals surface area contributed by atoms with Gasteiger partial charge in [-0.25, -0.2) is 0 Å². The summed E-state index contributed by atoms with van der Waals surface area (Å²) in [5.41, 5.74) is 2.23. The molecular weight excluding hydrogens is 304 g/mol. The quantitative estimate of drug-likeness (QED) is 0.690. The van der Waals surface area contributed by atoms with Gasteiger partial charge in [0.15, 0.2) is 0 Å². The van der Waals surface area contributed by atoms with Crippen molar-refractivity contribution in [2.75, 3.05) is 0 Å². The average Bonchev–Trinajstić information content (AvgIpc) is 2.47. The van der Waals surface area contributed by atoms with E-state index in [-0.39, 0.29) is 11.8 Å². The molecule has 0 saturated heterocycles. The van der Waals surface area contributed by atoms with E-state index in [1.165, 1.54) is 0 Å². The lowest BCUT2D eigenvalue weighted by Gasteiger charge is -2.39. The first-order chi connectivity index (χ1) is 10.7. The zero-order valence-electron chi connectivity index (χ0n) is 14.9. The summed E-state index contributed by atoms with van der Waals surface area (Å²) in [6.07, 6.45) is 3.31. The molecule has 2 aliphatic carbocycles. The summed E-state index contributed by atoms with van der Waals surface area (Å²) in [5.74, 6) is 1.50. The Kier molecular flexibility index (Phi) is 5.94. The van der Waals surface area contributed by atoms with E-state index in [0.29, 0.717) is 46.7 Å². The van der Waals surface area contributed by atoms with E-state index in [9.17, 15) is 9.59 Å². The molecule has 6 unspecified atom stereocenters. The second kappa shape index (κ2) is 7.38. The Hall–Kier alpha value is -0.830. The molecule has 2 aliphatic rings. The summed E-state index contributed by atoms with van der Waals surface area (Å²) in [7, 11) is 0. The largest absolute Gasteiger partial charge is 0.299 e. The molecule has 2 saturated carbocycles. The van der Waals surface area contributed by atoms with Crippen LogP contribution in [-0.2, 0) is 9.59 Å². The maximum Gasteiger partial charge on any atom is 0.137 e. The second-order valence-electron chi connectivity index (χ2n) is 7.69. The minimum atomic E-state index is 0.0862. The zero-order chi connectivity index (χ0) is 17.3. The van der Waals surface area contributed by atoms with Gasteiger partial charge in [0.1, 0.15) is 11.6 Å². The molecular formula is C20H30O2S. The fourth-order valence-corrected chi connectivity index (χ4v) is 5.64. The number of carbonyl (C=O) groups is 2. The monoisotopic (exact) mass is 334 g/mol. The van der Waals surface area contributed by atoms with Crippen molar-refractivity contribution in [3.8, 4) is 0 Å². The van der Waals surface area contributed by atoms with Gasteiger partial charge in [-0.05, 0) is 38.5 Å². The number of thioether (sulfide) groups is 1. The van der Waals surface area contributed by atoms with Crippen molar-refractivity contribution in [3.05, 3.63) is 24.3 Å². The van der Waals surface area contributed by atoms with Gasteiger partial charge in [-0.1, -0.05) is 38.2 Å². The van der Waals surface area contributed by atoms with E-state index in [0.717, 1.165) is 24.0 Å². The number of allylic oxidation sites excluding steroid dienone is 2. The lowest BCUT2D eigenvalue weighted by molar-refractivity contribution is -0.125. The second-order valence-corrected chi connectivity index (χ2v) is 9.17. The zero-order valence-corrected chi connectivity index (χ0v) is 15.7. The summed E-state index contributed by atoms with van der Waals surface area (Å²) < 4.78 is 0. The first-order valence-corrected chi connectivity index (χ1v) is 9.66. The number of hydrogen-bond acceptors (Lipinski definition) is 3. The van der Waals surface area contributed by atoms with Gasteiger partial charge in [0, 0.05) is 35.2 Å². The predicted octanol–water partition coefficient (Wildman–Crippen LogP) is 4.84. The molecule has 0 aliphatic heterocycles. The van der Waals surface area contributed by atoms with Crippen LogP contribution in [0.1, 0.15) is 53.4 Å². The maximum atomic E-state index is 12.3. The van der Waals surface area contributed by atoms with E-state index < -0.39 is 0 Å². The number of rotatable bonds is 4. The summed E-state index contributed by atoms with van der Waals surface area (Å²) in [5, 5.41) is 0.615. The molecule has 0 radical (unpaired) electrons. The Morgan fingerprint density at radius 1 is 0.870 bits per heavy atom. The van der Waals surface area contributed by atoms with Crippen LogP contribution in [0, 0.1) is 23.7 Å². The number of ketones is 2. The topological polar surface area (TPSA) is 34.1 Å². The molecule has 128 valence electrons. The number of hydrogen-bond donors (Lipinski definition) is 0. The average molecular weight is 335 g/mol. The molecule has 0 amide bonds. The Balaban J connectivity index is 2.11. The van der Waals surface area contributed by atoms with Gasteiger partial charge in [0.2, 0.25) is 0 Å². The molecule has 0 aromatic heterocycles. The smallest absolute Gasteiger partial charge is 0.137 e. The molecule has 0 heterocycles. The van der Waals surface area contributed by atoms with Crippen LogP contribution in [0.25, 0.3) is 0 Å². The van der Waals surface area contributed by atoms with Crippen molar-refractivity contribution in [2.24, 2.45) is 23.7 Å². The van der Waals surface area contributed by atoms with Crippen LogP contribution < -0.4 is 0 Å². The first kappa shape index (κ1) is 18.5. The van der Waals surface area contributed by atoms with Gasteiger partial charge in [-0.2, -0.15) is 11.8 Å². The van der Waals surface area contributed by atoms with Gasteiger partial charge < -0.3 is 0 Å².